The van der Waals surface area contributed by atoms with Crippen LogP contribution in [0.1, 0.15) is 43.5 Å². The van der Waals surface area contributed by atoms with Crippen LogP contribution in [0.25, 0.3) is 10.9 Å². The first-order chi connectivity index (χ1) is 13.5. The SMILES string of the molecule is CC[C@@]1(/C=C(\OC)C(=O)OC)CCCN2CCc3c([nH]c4ccc(F)cc34)[C@@H]21. The fourth-order valence-corrected chi connectivity index (χ4v) is 5.14. The van der Waals surface area contributed by atoms with Crippen LogP contribution >= 0.6 is 0 Å². The zero-order valence-electron chi connectivity index (χ0n) is 16.7. The van der Waals surface area contributed by atoms with E-state index >= 15 is 0 Å². The highest BCUT2D eigenvalue weighted by Crippen LogP contribution is 2.52. The van der Waals surface area contributed by atoms with Gasteiger partial charge in [0.15, 0.2) is 0 Å². The summed E-state index contributed by atoms with van der Waals surface area (Å²) in [5, 5.41) is 0.967. The lowest BCUT2D eigenvalue weighted by atomic mass is 9.67. The van der Waals surface area contributed by atoms with Crippen molar-refractivity contribution >= 4 is 16.9 Å². The van der Waals surface area contributed by atoms with Gasteiger partial charge in [0, 0.05) is 28.6 Å². The summed E-state index contributed by atoms with van der Waals surface area (Å²) in [6, 6.07) is 5.03. The maximum absolute atomic E-state index is 13.9. The first kappa shape index (κ1) is 19.0. The average molecular weight is 386 g/mol. The molecular weight excluding hydrogens is 359 g/mol. The van der Waals surface area contributed by atoms with Gasteiger partial charge in [-0.3, -0.25) is 4.90 Å². The number of hydrogen-bond acceptors (Lipinski definition) is 4. The van der Waals surface area contributed by atoms with E-state index in [9.17, 15) is 9.18 Å². The smallest absolute Gasteiger partial charge is 0.372 e. The number of esters is 1. The highest BCUT2D eigenvalue weighted by molar-refractivity contribution is 5.87. The predicted octanol–water partition coefficient (Wildman–Crippen LogP) is 4.10. The summed E-state index contributed by atoms with van der Waals surface area (Å²) in [7, 11) is 2.87. The van der Waals surface area contributed by atoms with E-state index in [1.807, 2.05) is 12.1 Å². The third kappa shape index (κ3) is 2.91. The van der Waals surface area contributed by atoms with Gasteiger partial charge in [0.05, 0.1) is 20.3 Å². The van der Waals surface area contributed by atoms with Gasteiger partial charge < -0.3 is 14.5 Å². The van der Waals surface area contributed by atoms with Crippen molar-refractivity contribution in [1.29, 1.82) is 0 Å². The fourth-order valence-electron chi connectivity index (χ4n) is 5.14. The summed E-state index contributed by atoms with van der Waals surface area (Å²) < 4.78 is 24.2. The first-order valence-electron chi connectivity index (χ1n) is 9.92. The zero-order valence-corrected chi connectivity index (χ0v) is 16.7. The van der Waals surface area contributed by atoms with Crippen LogP contribution in [-0.4, -0.2) is 43.2 Å². The zero-order chi connectivity index (χ0) is 19.9. The van der Waals surface area contributed by atoms with Gasteiger partial charge in [0.2, 0.25) is 5.76 Å². The molecule has 0 amide bonds. The van der Waals surface area contributed by atoms with Crippen molar-refractivity contribution in [3.8, 4) is 0 Å². The lowest BCUT2D eigenvalue weighted by Crippen LogP contribution is -2.48. The summed E-state index contributed by atoms with van der Waals surface area (Å²) in [5.41, 5.74) is 3.05. The molecule has 3 heterocycles. The fraction of sp³-hybridized carbons (Fsp3) is 0.500. The molecule has 0 saturated carbocycles. The monoisotopic (exact) mass is 386 g/mol. The summed E-state index contributed by atoms with van der Waals surface area (Å²) in [6.45, 7) is 4.10. The van der Waals surface area contributed by atoms with Crippen LogP contribution in [0.15, 0.2) is 30.0 Å². The second-order valence-corrected chi connectivity index (χ2v) is 7.79. The second kappa shape index (κ2) is 7.24. The van der Waals surface area contributed by atoms with Crippen molar-refractivity contribution in [2.24, 2.45) is 5.41 Å². The number of methoxy groups -OCH3 is 2. The Hall–Kier alpha value is -2.34. The molecule has 5 nitrogen and oxygen atoms in total. The Bertz CT molecular complexity index is 935. The molecule has 0 radical (unpaired) electrons. The molecule has 0 bridgehead atoms. The van der Waals surface area contributed by atoms with Gasteiger partial charge in [-0.2, -0.15) is 0 Å². The molecule has 0 spiro atoms. The highest BCUT2D eigenvalue weighted by atomic mass is 19.1. The topological polar surface area (TPSA) is 54.6 Å². The van der Waals surface area contributed by atoms with Crippen LogP contribution in [0.3, 0.4) is 0 Å². The lowest BCUT2D eigenvalue weighted by Gasteiger charge is -2.50. The number of carbonyl (C=O) groups is 1. The van der Waals surface area contributed by atoms with E-state index in [0.29, 0.717) is 0 Å². The van der Waals surface area contributed by atoms with Gasteiger partial charge in [0.25, 0.3) is 0 Å². The third-order valence-electron chi connectivity index (χ3n) is 6.50. The quantitative estimate of drug-likeness (QED) is 0.488. The molecule has 28 heavy (non-hydrogen) atoms. The third-order valence-corrected chi connectivity index (χ3v) is 6.50. The van der Waals surface area contributed by atoms with Crippen molar-refractivity contribution in [3.63, 3.8) is 0 Å². The molecule has 1 aromatic carbocycles. The Labute approximate surface area is 164 Å². The van der Waals surface area contributed by atoms with Crippen molar-refractivity contribution < 1.29 is 18.7 Å². The van der Waals surface area contributed by atoms with Crippen molar-refractivity contribution in [1.82, 2.24) is 9.88 Å². The van der Waals surface area contributed by atoms with Gasteiger partial charge in [-0.25, -0.2) is 9.18 Å². The number of aromatic nitrogens is 1. The van der Waals surface area contributed by atoms with E-state index in [1.54, 1.807) is 6.07 Å². The Morgan fingerprint density at radius 1 is 1.36 bits per heavy atom. The van der Waals surface area contributed by atoms with Crippen LogP contribution in [0.2, 0.25) is 0 Å². The van der Waals surface area contributed by atoms with E-state index in [1.165, 1.54) is 25.8 Å². The lowest BCUT2D eigenvalue weighted by molar-refractivity contribution is -0.139. The molecule has 2 aromatic rings. The number of carbonyl (C=O) groups excluding carboxylic acids is 1. The maximum atomic E-state index is 13.9. The molecule has 150 valence electrons. The summed E-state index contributed by atoms with van der Waals surface area (Å²) in [6.07, 6.45) is 5.74. The van der Waals surface area contributed by atoms with Crippen molar-refractivity contribution in [2.75, 3.05) is 27.3 Å². The number of benzene rings is 1. The van der Waals surface area contributed by atoms with Crippen LogP contribution in [0.4, 0.5) is 4.39 Å². The standard InChI is InChI=1S/C22H27FN2O3/c1-4-22(13-18(27-2)21(26)28-3)9-5-10-25-11-8-15-16-12-14(23)6-7-17(16)24-19(15)20(22)25/h6-7,12-13,20,24H,4-5,8-11H2,1-3H3/b18-13-/t20-,22+/m1/s1. The molecular formula is C22H27FN2O3. The van der Waals surface area contributed by atoms with E-state index < -0.39 is 5.97 Å². The minimum atomic E-state index is -0.456. The molecule has 2 aliphatic rings. The van der Waals surface area contributed by atoms with Gasteiger partial charge >= 0.3 is 5.97 Å². The predicted molar refractivity (Wildman–Crippen MR) is 105 cm³/mol. The number of H-pyrrole nitrogens is 1. The van der Waals surface area contributed by atoms with Gasteiger partial charge in [-0.05, 0) is 62.1 Å². The summed E-state index contributed by atoms with van der Waals surface area (Å²) in [4.78, 5) is 18.2. The van der Waals surface area contributed by atoms with Crippen LogP contribution in [-0.2, 0) is 20.7 Å². The molecule has 0 unspecified atom stereocenters. The van der Waals surface area contributed by atoms with Crippen molar-refractivity contribution in [3.05, 3.63) is 47.1 Å². The number of rotatable bonds is 4. The molecule has 1 N–H and O–H groups in total. The van der Waals surface area contributed by atoms with Gasteiger partial charge in [0.1, 0.15) is 5.82 Å². The number of halogens is 1. The highest BCUT2D eigenvalue weighted by Gasteiger charge is 2.47. The number of fused-ring (bicyclic) bond motifs is 5. The van der Waals surface area contributed by atoms with E-state index in [-0.39, 0.29) is 23.0 Å². The largest absolute Gasteiger partial charge is 0.490 e. The van der Waals surface area contributed by atoms with Crippen LogP contribution in [0, 0.1) is 11.2 Å². The number of piperidine rings is 1. The molecule has 6 heteroatoms. The average Bonchev–Trinajstić information content (AvgIpc) is 3.09. The molecule has 1 saturated heterocycles. The number of nitrogens with zero attached hydrogens (tertiary/aromatic N) is 1. The number of aromatic amines is 1. The molecule has 2 aliphatic heterocycles. The summed E-state index contributed by atoms with van der Waals surface area (Å²) in [5.74, 6) is -0.419. The molecule has 4 rings (SSSR count). The Kier molecular flexibility index (Phi) is 4.91. The van der Waals surface area contributed by atoms with E-state index in [0.717, 1.165) is 55.4 Å². The molecule has 1 fully saturated rings. The van der Waals surface area contributed by atoms with Crippen molar-refractivity contribution in [2.45, 2.75) is 38.6 Å². The Balaban J connectivity index is 1.88. The van der Waals surface area contributed by atoms with Gasteiger partial charge in [-0.15, -0.1) is 0 Å². The number of ether oxygens (including phenoxy) is 2. The minimum absolute atomic E-state index is 0.0975. The van der Waals surface area contributed by atoms with Crippen LogP contribution in [0.5, 0.6) is 0 Å². The Morgan fingerprint density at radius 2 is 2.18 bits per heavy atom. The van der Waals surface area contributed by atoms with Crippen LogP contribution < -0.4 is 0 Å². The van der Waals surface area contributed by atoms with E-state index in [2.05, 4.69) is 16.8 Å². The first-order valence-corrected chi connectivity index (χ1v) is 9.92. The normalized spacial score (nSPS) is 25.3. The van der Waals surface area contributed by atoms with E-state index in [4.69, 9.17) is 9.47 Å². The Morgan fingerprint density at radius 3 is 2.89 bits per heavy atom. The second-order valence-electron chi connectivity index (χ2n) is 7.79. The molecule has 1 aromatic heterocycles. The molecule has 2 atom stereocenters. The molecule has 0 aliphatic carbocycles. The maximum Gasteiger partial charge on any atom is 0.372 e. The minimum Gasteiger partial charge on any atom is -0.490 e. The van der Waals surface area contributed by atoms with Gasteiger partial charge in [-0.1, -0.05) is 6.92 Å². The number of nitrogens with one attached hydrogen (secondary N) is 1. The number of hydrogen-bond donors (Lipinski definition) is 1. The summed E-state index contributed by atoms with van der Waals surface area (Å²) >= 11 is 0.